The van der Waals surface area contributed by atoms with Crippen LogP contribution in [0.2, 0.25) is 5.02 Å². The van der Waals surface area contributed by atoms with Gasteiger partial charge in [-0.1, -0.05) is 25.4 Å². The van der Waals surface area contributed by atoms with Gasteiger partial charge in [-0.15, -0.1) is 0 Å². The zero-order valence-corrected chi connectivity index (χ0v) is 12.6. The van der Waals surface area contributed by atoms with Crippen LogP contribution in [0.4, 0.5) is 5.69 Å². The van der Waals surface area contributed by atoms with Crippen LogP contribution in [0.5, 0.6) is 0 Å². The maximum atomic E-state index is 11.6. The van der Waals surface area contributed by atoms with Crippen LogP contribution in [0.1, 0.15) is 37.1 Å². The monoisotopic (exact) mass is 305 g/mol. The number of anilines is 1. The second-order valence-corrected chi connectivity index (χ2v) is 5.33. The number of halogens is 1. The average molecular weight is 306 g/mol. The van der Waals surface area contributed by atoms with Crippen molar-refractivity contribution in [2.75, 3.05) is 5.32 Å². The number of amides is 1. The Morgan fingerprint density at radius 1 is 1.38 bits per heavy atom. The van der Waals surface area contributed by atoms with E-state index in [1.807, 2.05) is 13.8 Å². The fourth-order valence-electron chi connectivity index (χ4n) is 2.42. The third-order valence-corrected chi connectivity index (χ3v) is 3.88. The normalized spacial score (nSPS) is 17.0. The first-order valence-corrected chi connectivity index (χ1v) is 7.28. The van der Waals surface area contributed by atoms with Crippen LogP contribution in [0.25, 0.3) is 5.69 Å². The second kappa shape index (κ2) is 5.13. The van der Waals surface area contributed by atoms with Crippen LogP contribution < -0.4 is 11.1 Å². The van der Waals surface area contributed by atoms with Crippen molar-refractivity contribution in [1.29, 1.82) is 0 Å². The van der Waals surface area contributed by atoms with Gasteiger partial charge in [0.2, 0.25) is 5.91 Å². The lowest BCUT2D eigenvalue weighted by Gasteiger charge is -2.10. The van der Waals surface area contributed by atoms with Gasteiger partial charge in [0.15, 0.2) is 5.82 Å². The van der Waals surface area contributed by atoms with E-state index in [0.717, 1.165) is 24.5 Å². The number of nitrogens with zero attached hydrogens (tertiary/aromatic N) is 3. The van der Waals surface area contributed by atoms with Gasteiger partial charge in [0, 0.05) is 24.1 Å². The van der Waals surface area contributed by atoms with Gasteiger partial charge in [0.05, 0.1) is 10.7 Å². The molecule has 1 amide bonds. The van der Waals surface area contributed by atoms with E-state index < -0.39 is 6.04 Å². The Morgan fingerprint density at radius 3 is 2.81 bits per heavy atom. The molecule has 0 aliphatic carbocycles. The number of aromatic nitrogens is 3. The minimum atomic E-state index is -0.667. The highest BCUT2D eigenvalue weighted by Crippen LogP contribution is 2.35. The number of benzene rings is 1. The fraction of sp³-hybridized carbons (Fsp3) is 0.357. The molecule has 2 heterocycles. The number of nitrogens with one attached hydrogen (secondary N) is 1. The van der Waals surface area contributed by atoms with Gasteiger partial charge in [0.25, 0.3) is 0 Å². The molecule has 7 heteroatoms. The highest BCUT2D eigenvalue weighted by Gasteiger charge is 2.29. The van der Waals surface area contributed by atoms with Crippen molar-refractivity contribution in [1.82, 2.24) is 14.8 Å². The summed E-state index contributed by atoms with van der Waals surface area (Å²) in [6, 6.07) is 2.86. The van der Waals surface area contributed by atoms with Gasteiger partial charge in [-0.25, -0.2) is 9.67 Å². The van der Waals surface area contributed by atoms with Crippen LogP contribution >= 0.6 is 11.6 Å². The first kappa shape index (κ1) is 14.0. The van der Waals surface area contributed by atoms with Crippen LogP contribution in [0.15, 0.2) is 12.1 Å². The minimum absolute atomic E-state index is 0.221. The lowest BCUT2D eigenvalue weighted by Crippen LogP contribution is -2.19. The number of carbonyl (C=O) groups excluding carboxylic acids is 1. The van der Waals surface area contributed by atoms with E-state index >= 15 is 0 Å². The quantitative estimate of drug-likeness (QED) is 0.908. The predicted octanol–water partition coefficient (Wildman–Crippen LogP) is 2.00. The van der Waals surface area contributed by atoms with Crippen molar-refractivity contribution in [3.05, 3.63) is 34.4 Å². The third kappa shape index (κ3) is 2.20. The molecule has 110 valence electrons. The Balaban J connectivity index is 2.14. The van der Waals surface area contributed by atoms with Gasteiger partial charge >= 0.3 is 0 Å². The smallest absolute Gasteiger partial charge is 0.245 e. The molecule has 0 fully saturated rings. The molecule has 1 unspecified atom stereocenters. The summed E-state index contributed by atoms with van der Waals surface area (Å²) in [7, 11) is 0. The molecule has 21 heavy (non-hydrogen) atoms. The van der Waals surface area contributed by atoms with E-state index in [9.17, 15) is 4.79 Å². The fourth-order valence-corrected chi connectivity index (χ4v) is 2.67. The van der Waals surface area contributed by atoms with E-state index in [0.29, 0.717) is 22.0 Å². The molecule has 2 aromatic rings. The average Bonchev–Trinajstić information content (AvgIpc) is 3.01. The van der Waals surface area contributed by atoms with Gasteiger partial charge in [-0.05, 0) is 12.1 Å². The van der Waals surface area contributed by atoms with Crippen molar-refractivity contribution >= 4 is 23.2 Å². The number of nitrogens with two attached hydrogens (primary N) is 1. The van der Waals surface area contributed by atoms with Crippen molar-refractivity contribution in [3.8, 4) is 5.69 Å². The summed E-state index contributed by atoms with van der Waals surface area (Å²) in [6.07, 6.45) is 1.50. The first-order valence-electron chi connectivity index (χ1n) is 6.90. The second-order valence-electron chi connectivity index (χ2n) is 4.92. The molecule has 0 bridgehead atoms. The molecular formula is C14H16ClN5O. The number of hydrogen-bond donors (Lipinski definition) is 2. The number of aryl methyl sites for hydroxylation is 2. The van der Waals surface area contributed by atoms with Gasteiger partial charge in [-0.2, -0.15) is 5.10 Å². The number of fused-ring (bicyclic) bond motifs is 1. The maximum Gasteiger partial charge on any atom is 0.245 e. The summed E-state index contributed by atoms with van der Waals surface area (Å²) < 4.78 is 1.73. The molecule has 6 nitrogen and oxygen atoms in total. The molecule has 0 saturated carbocycles. The molecule has 1 aliphatic rings. The molecule has 1 atom stereocenters. The largest absolute Gasteiger partial charge is 0.324 e. The minimum Gasteiger partial charge on any atom is -0.324 e. The van der Waals surface area contributed by atoms with E-state index in [1.165, 1.54) is 0 Å². The zero-order chi connectivity index (χ0) is 15.1. The summed E-state index contributed by atoms with van der Waals surface area (Å²) in [5.41, 5.74) is 7.92. The van der Waals surface area contributed by atoms with E-state index in [2.05, 4.69) is 15.4 Å². The van der Waals surface area contributed by atoms with Crippen molar-refractivity contribution < 1.29 is 4.79 Å². The van der Waals surface area contributed by atoms with Crippen LogP contribution in [0, 0.1) is 0 Å². The van der Waals surface area contributed by atoms with Crippen molar-refractivity contribution in [2.24, 2.45) is 5.73 Å². The molecular weight excluding hydrogens is 290 g/mol. The molecule has 1 aliphatic heterocycles. The standard InChI is InChI=1S/C14H16ClN5O/c1-3-11-18-12(4-2)20(19-11)10-6-9-7(5-8(10)15)13(16)14(21)17-9/h5-6,13H,3-4,16H2,1-2H3,(H,17,21). The lowest BCUT2D eigenvalue weighted by atomic mass is 10.1. The maximum absolute atomic E-state index is 11.6. The summed E-state index contributed by atoms with van der Waals surface area (Å²) >= 11 is 6.35. The first-order chi connectivity index (χ1) is 10.0. The summed E-state index contributed by atoms with van der Waals surface area (Å²) in [4.78, 5) is 16.1. The Hall–Kier alpha value is -1.92. The molecule has 1 aromatic heterocycles. The van der Waals surface area contributed by atoms with Gasteiger partial charge in [0.1, 0.15) is 11.9 Å². The molecule has 3 N–H and O–H groups in total. The van der Waals surface area contributed by atoms with Crippen LogP contribution in [-0.2, 0) is 17.6 Å². The number of rotatable bonds is 3. The van der Waals surface area contributed by atoms with Crippen molar-refractivity contribution in [2.45, 2.75) is 32.7 Å². The summed E-state index contributed by atoms with van der Waals surface area (Å²) in [5, 5.41) is 7.73. The Morgan fingerprint density at radius 2 is 2.14 bits per heavy atom. The van der Waals surface area contributed by atoms with Gasteiger partial charge in [-0.3, -0.25) is 4.79 Å². The molecule has 0 spiro atoms. The SMILES string of the molecule is CCc1nc(CC)n(-c2cc3c(cc2Cl)C(N)C(=O)N3)n1. The summed E-state index contributed by atoms with van der Waals surface area (Å²) in [5.74, 6) is 1.38. The molecule has 1 aromatic carbocycles. The zero-order valence-electron chi connectivity index (χ0n) is 11.9. The Bertz CT molecular complexity index is 724. The van der Waals surface area contributed by atoms with E-state index in [-0.39, 0.29) is 5.91 Å². The third-order valence-electron chi connectivity index (χ3n) is 3.57. The highest BCUT2D eigenvalue weighted by atomic mass is 35.5. The van der Waals surface area contributed by atoms with Crippen LogP contribution in [-0.4, -0.2) is 20.7 Å². The van der Waals surface area contributed by atoms with E-state index in [1.54, 1.807) is 16.8 Å². The van der Waals surface area contributed by atoms with Crippen molar-refractivity contribution in [3.63, 3.8) is 0 Å². The number of carbonyl (C=O) groups is 1. The number of hydrogen-bond acceptors (Lipinski definition) is 4. The molecule has 0 radical (unpaired) electrons. The van der Waals surface area contributed by atoms with Crippen LogP contribution in [0.3, 0.4) is 0 Å². The van der Waals surface area contributed by atoms with E-state index in [4.69, 9.17) is 17.3 Å². The highest BCUT2D eigenvalue weighted by molar-refractivity contribution is 6.32. The predicted molar refractivity (Wildman–Crippen MR) is 80.7 cm³/mol. The Labute approximate surface area is 127 Å². The molecule has 3 rings (SSSR count). The summed E-state index contributed by atoms with van der Waals surface area (Å²) in [6.45, 7) is 4.02. The Kier molecular flexibility index (Phi) is 3.43. The lowest BCUT2D eigenvalue weighted by molar-refractivity contribution is -0.116. The molecule has 0 saturated heterocycles. The topological polar surface area (TPSA) is 85.8 Å². The van der Waals surface area contributed by atoms with Gasteiger partial charge < -0.3 is 11.1 Å².